The van der Waals surface area contributed by atoms with Crippen molar-refractivity contribution in [2.24, 2.45) is 5.92 Å². The van der Waals surface area contributed by atoms with Gasteiger partial charge in [0.1, 0.15) is 0 Å². The Morgan fingerprint density at radius 2 is 2.00 bits per heavy atom. The zero-order valence-electron chi connectivity index (χ0n) is 14.5. The van der Waals surface area contributed by atoms with E-state index in [9.17, 15) is 4.79 Å². The van der Waals surface area contributed by atoms with Crippen LogP contribution in [0.2, 0.25) is 0 Å². The number of allylic oxidation sites excluding steroid dienone is 1. The number of carbonyl (C=O) groups excluding carboxylic acids is 1. The van der Waals surface area contributed by atoms with E-state index in [4.69, 9.17) is 0 Å². The first-order chi connectivity index (χ1) is 11.0. The molecule has 1 saturated carbocycles. The first-order valence-electron chi connectivity index (χ1n) is 8.83. The van der Waals surface area contributed by atoms with E-state index in [1.165, 1.54) is 30.4 Å². The fraction of sp³-hybridized carbons (Fsp3) is 0.550. The van der Waals surface area contributed by atoms with E-state index in [2.05, 4.69) is 42.7 Å². The van der Waals surface area contributed by atoms with Crippen LogP contribution in [0.1, 0.15) is 57.1 Å². The van der Waals surface area contributed by atoms with Crippen LogP contribution < -0.4 is 10.6 Å². The van der Waals surface area contributed by atoms with Crippen LogP contribution in [0.4, 0.5) is 5.69 Å². The second-order valence-electron chi connectivity index (χ2n) is 7.60. The third-order valence-corrected chi connectivity index (χ3v) is 5.09. The molecular formula is C20H28N2O. The molecular weight excluding hydrogens is 284 g/mol. The Morgan fingerprint density at radius 1 is 1.26 bits per heavy atom. The van der Waals surface area contributed by atoms with E-state index in [0.29, 0.717) is 5.78 Å². The number of anilines is 1. The summed E-state index contributed by atoms with van der Waals surface area (Å²) in [6.07, 6.45) is 8.61. The molecule has 0 aromatic heterocycles. The highest BCUT2D eigenvalue weighted by Gasteiger charge is 2.29. The topological polar surface area (TPSA) is 41.1 Å². The molecule has 0 saturated heterocycles. The Bertz CT molecular complexity index is 625. The maximum Gasteiger partial charge on any atom is 0.160 e. The molecule has 3 nitrogen and oxygen atoms in total. The summed E-state index contributed by atoms with van der Waals surface area (Å²) < 4.78 is 0. The molecule has 0 bridgehead atoms. The zero-order valence-corrected chi connectivity index (χ0v) is 14.5. The Balaban J connectivity index is 1.94. The van der Waals surface area contributed by atoms with Crippen molar-refractivity contribution >= 4 is 17.2 Å². The summed E-state index contributed by atoms with van der Waals surface area (Å²) in [7, 11) is 1.93. The molecule has 0 amide bonds. The lowest BCUT2D eigenvalue weighted by atomic mass is 9.83. The molecule has 1 aliphatic heterocycles. The Kier molecular flexibility index (Phi) is 4.47. The van der Waals surface area contributed by atoms with Crippen molar-refractivity contribution < 1.29 is 4.79 Å². The highest BCUT2D eigenvalue weighted by atomic mass is 16.1. The van der Waals surface area contributed by atoms with Crippen LogP contribution in [0.3, 0.4) is 0 Å². The lowest BCUT2D eigenvalue weighted by Gasteiger charge is -2.36. The van der Waals surface area contributed by atoms with Gasteiger partial charge in [-0.2, -0.15) is 0 Å². The number of ketones is 1. The quantitative estimate of drug-likeness (QED) is 0.824. The van der Waals surface area contributed by atoms with Crippen LogP contribution in [0, 0.1) is 5.92 Å². The largest absolute Gasteiger partial charge is 0.388 e. The van der Waals surface area contributed by atoms with Gasteiger partial charge in [0.2, 0.25) is 0 Å². The van der Waals surface area contributed by atoms with Gasteiger partial charge in [-0.3, -0.25) is 4.79 Å². The maximum absolute atomic E-state index is 12.7. The van der Waals surface area contributed by atoms with E-state index in [0.717, 1.165) is 30.6 Å². The third-order valence-electron chi connectivity index (χ3n) is 5.09. The summed E-state index contributed by atoms with van der Waals surface area (Å²) in [6.45, 7) is 4.39. The van der Waals surface area contributed by atoms with Gasteiger partial charge in [0.25, 0.3) is 0 Å². The molecule has 1 aliphatic carbocycles. The molecule has 0 radical (unpaired) electrons. The number of benzene rings is 1. The van der Waals surface area contributed by atoms with Crippen LogP contribution in [-0.4, -0.2) is 18.4 Å². The summed E-state index contributed by atoms with van der Waals surface area (Å²) in [5, 5.41) is 6.78. The summed E-state index contributed by atoms with van der Waals surface area (Å²) in [5.74, 6) is 0.518. The van der Waals surface area contributed by atoms with Crippen LogP contribution in [0.15, 0.2) is 24.3 Å². The third kappa shape index (κ3) is 3.60. The van der Waals surface area contributed by atoms with Crippen LogP contribution in [-0.2, 0) is 11.2 Å². The van der Waals surface area contributed by atoms with E-state index >= 15 is 0 Å². The van der Waals surface area contributed by atoms with Crippen molar-refractivity contribution in [1.29, 1.82) is 0 Å². The molecule has 124 valence electrons. The van der Waals surface area contributed by atoms with E-state index in [-0.39, 0.29) is 11.5 Å². The molecule has 0 spiro atoms. The average Bonchev–Trinajstić information content (AvgIpc) is 2.54. The minimum Gasteiger partial charge on any atom is -0.388 e. The number of hydrogen-bond donors (Lipinski definition) is 2. The average molecular weight is 312 g/mol. The van der Waals surface area contributed by atoms with E-state index < -0.39 is 0 Å². The first kappa shape index (κ1) is 16.1. The smallest absolute Gasteiger partial charge is 0.160 e. The predicted molar refractivity (Wildman–Crippen MR) is 96.5 cm³/mol. The standard InChI is InChI=1S/C20H28N2O/c1-20(2)13-15-9-10-16(21-3)11-17(15)18(22-20)12-19(23)14-7-5-4-6-8-14/h9-12,14,21-22H,4-8,13H2,1-3H3. The van der Waals surface area contributed by atoms with Gasteiger partial charge in [0.05, 0.1) is 0 Å². The summed E-state index contributed by atoms with van der Waals surface area (Å²) in [5.41, 5.74) is 4.54. The van der Waals surface area contributed by atoms with Crippen molar-refractivity contribution in [3.05, 3.63) is 35.4 Å². The first-order valence-corrected chi connectivity index (χ1v) is 8.83. The van der Waals surface area contributed by atoms with Crippen LogP contribution in [0.25, 0.3) is 5.70 Å². The molecule has 0 unspecified atom stereocenters. The van der Waals surface area contributed by atoms with Gasteiger partial charge in [-0.15, -0.1) is 0 Å². The molecule has 1 aromatic carbocycles. The summed E-state index contributed by atoms with van der Waals surface area (Å²) in [6, 6.07) is 6.45. The molecule has 23 heavy (non-hydrogen) atoms. The zero-order chi connectivity index (χ0) is 16.4. The Labute approximate surface area is 139 Å². The molecule has 2 N–H and O–H groups in total. The fourth-order valence-corrected chi connectivity index (χ4v) is 3.85. The summed E-state index contributed by atoms with van der Waals surface area (Å²) in [4.78, 5) is 12.7. The Morgan fingerprint density at radius 3 is 2.70 bits per heavy atom. The lowest BCUT2D eigenvalue weighted by molar-refractivity contribution is -0.119. The minimum absolute atomic E-state index is 0.0210. The number of carbonyl (C=O) groups is 1. The van der Waals surface area contributed by atoms with Crippen molar-refractivity contribution in [1.82, 2.24) is 5.32 Å². The molecule has 3 heteroatoms. The SMILES string of the molecule is CNc1ccc2c(c1)C(=CC(=O)C1CCCCC1)NC(C)(C)C2. The van der Waals surface area contributed by atoms with Gasteiger partial charge in [-0.1, -0.05) is 25.3 Å². The number of nitrogens with one attached hydrogen (secondary N) is 2. The second-order valence-corrected chi connectivity index (χ2v) is 7.60. The van der Waals surface area contributed by atoms with Gasteiger partial charge in [-0.25, -0.2) is 0 Å². The van der Waals surface area contributed by atoms with E-state index in [1.54, 1.807) is 0 Å². The minimum atomic E-state index is -0.0210. The molecule has 3 rings (SSSR count). The molecule has 1 heterocycles. The van der Waals surface area contributed by atoms with Gasteiger partial charge in [-0.05, 0) is 50.8 Å². The van der Waals surface area contributed by atoms with Crippen molar-refractivity contribution in [2.45, 2.75) is 57.9 Å². The second kappa shape index (κ2) is 6.38. The highest BCUT2D eigenvalue weighted by molar-refractivity contribution is 5.98. The van der Waals surface area contributed by atoms with Crippen molar-refractivity contribution in [3.8, 4) is 0 Å². The number of fused-ring (bicyclic) bond motifs is 1. The maximum atomic E-state index is 12.7. The molecule has 0 atom stereocenters. The van der Waals surface area contributed by atoms with Gasteiger partial charge < -0.3 is 10.6 Å². The van der Waals surface area contributed by atoms with Gasteiger partial charge >= 0.3 is 0 Å². The van der Waals surface area contributed by atoms with Crippen LogP contribution in [0.5, 0.6) is 0 Å². The highest BCUT2D eigenvalue weighted by Crippen LogP contribution is 2.33. The van der Waals surface area contributed by atoms with Crippen molar-refractivity contribution in [3.63, 3.8) is 0 Å². The monoisotopic (exact) mass is 312 g/mol. The van der Waals surface area contributed by atoms with Crippen molar-refractivity contribution in [2.75, 3.05) is 12.4 Å². The predicted octanol–water partition coefficient (Wildman–Crippen LogP) is 4.14. The van der Waals surface area contributed by atoms with Gasteiger partial charge in [0, 0.05) is 41.5 Å². The molecule has 2 aliphatic rings. The lowest BCUT2D eigenvalue weighted by Crippen LogP contribution is -2.44. The van der Waals surface area contributed by atoms with Crippen LogP contribution >= 0.6 is 0 Å². The molecule has 1 aromatic rings. The van der Waals surface area contributed by atoms with E-state index in [1.807, 2.05) is 13.1 Å². The normalized spacial score (nSPS) is 22.3. The Hall–Kier alpha value is -1.77. The van der Waals surface area contributed by atoms with Gasteiger partial charge in [0.15, 0.2) is 5.78 Å². The fourth-order valence-electron chi connectivity index (χ4n) is 3.85. The number of rotatable bonds is 3. The summed E-state index contributed by atoms with van der Waals surface area (Å²) >= 11 is 0. The number of hydrogen-bond acceptors (Lipinski definition) is 3. The molecule has 1 fully saturated rings.